The molecule has 214 valence electrons. The van der Waals surface area contributed by atoms with Crippen molar-refractivity contribution >= 4 is 43.7 Å². The van der Waals surface area contributed by atoms with Gasteiger partial charge in [-0.05, 0) is 52.6 Å². The number of fused-ring (bicyclic) bond motifs is 6. The molecule has 0 spiro atoms. The summed E-state index contributed by atoms with van der Waals surface area (Å²) in [6, 6.07) is 51.0. The Bertz CT molecular complexity index is 2400. The summed E-state index contributed by atoms with van der Waals surface area (Å²) in [5.74, 6) is 3.11. The van der Waals surface area contributed by atoms with Crippen LogP contribution in [0.2, 0.25) is 0 Å². The summed E-state index contributed by atoms with van der Waals surface area (Å²) in [6.45, 7) is 0.649. The van der Waals surface area contributed by atoms with Crippen molar-refractivity contribution in [3.05, 3.63) is 157 Å². The summed E-state index contributed by atoms with van der Waals surface area (Å²) in [4.78, 5) is 0. The van der Waals surface area contributed by atoms with Crippen LogP contribution < -0.4 is 0 Å². The molecule has 3 heterocycles. The fourth-order valence-electron chi connectivity index (χ4n) is 7.02. The van der Waals surface area contributed by atoms with E-state index in [1.807, 2.05) is 18.2 Å². The molecule has 8 aromatic rings. The minimum absolute atomic E-state index is 0.0182. The van der Waals surface area contributed by atoms with Crippen molar-refractivity contribution in [2.24, 2.45) is 0 Å². The maximum atomic E-state index is 6.30. The molecule has 4 heteroatoms. The third-order valence-electron chi connectivity index (χ3n) is 9.16. The Labute approximate surface area is 261 Å². The van der Waals surface area contributed by atoms with Crippen LogP contribution in [0.15, 0.2) is 150 Å². The summed E-state index contributed by atoms with van der Waals surface area (Å²) in [7, 11) is 0. The van der Waals surface area contributed by atoms with E-state index < -0.39 is 0 Å². The molecule has 6 aromatic carbocycles. The van der Waals surface area contributed by atoms with E-state index in [4.69, 9.17) is 10.8 Å². The Morgan fingerprint density at radius 3 is 2.13 bits per heavy atom. The van der Waals surface area contributed by atoms with Crippen molar-refractivity contribution in [1.29, 1.82) is 0 Å². The quantitative estimate of drug-likeness (QED) is 0.145. The number of hydrogen-bond acceptors (Lipinski definition) is 3. The van der Waals surface area contributed by atoms with Crippen molar-refractivity contribution < 1.29 is 4.42 Å². The Balaban J connectivity index is 1.20. The van der Waals surface area contributed by atoms with Crippen molar-refractivity contribution in [3.63, 3.8) is 0 Å². The number of rotatable bonds is 6. The smallest absolute Gasteiger partial charge is 0.136 e. The average molecular weight is 580 g/mol. The molecule has 4 atom stereocenters. The molecule has 3 unspecified atom stereocenters. The van der Waals surface area contributed by atoms with Gasteiger partial charge in [-0.25, -0.2) is 0 Å². The molecule has 1 fully saturated rings. The molecule has 0 saturated carbocycles. The van der Waals surface area contributed by atoms with Gasteiger partial charge in [0.2, 0.25) is 0 Å². The zero-order valence-corrected chi connectivity index (χ0v) is 24.5. The zero-order valence-electron chi connectivity index (χ0n) is 24.5. The lowest BCUT2D eigenvalue weighted by molar-refractivity contribution is 0.239. The molecule has 0 N–H and O–H groups in total. The summed E-state index contributed by atoms with van der Waals surface area (Å²) in [5, 5.41) is 9.42. The third-order valence-corrected chi connectivity index (χ3v) is 9.16. The van der Waals surface area contributed by atoms with Crippen LogP contribution in [-0.2, 0) is 6.67 Å². The van der Waals surface area contributed by atoms with Gasteiger partial charge in [0.1, 0.15) is 23.4 Å². The summed E-state index contributed by atoms with van der Waals surface area (Å²) in [6.07, 6.45) is 6.31. The zero-order chi connectivity index (χ0) is 29.9. The van der Waals surface area contributed by atoms with Crippen molar-refractivity contribution in [2.75, 3.05) is 0 Å². The van der Waals surface area contributed by atoms with E-state index in [-0.39, 0.29) is 12.2 Å². The highest BCUT2D eigenvalue weighted by Crippen LogP contribution is 2.50. The number of benzene rings is 6. The number of para-hydroxylation sites is 2. The van der Waals surface area contributed by atoms with Gasteiger partial charge in [-0.15, -0.1) is 6.42 Å². The molecular formula is C41H29N3O. The van der Waals surface area contributed by atoms with Gasteiger partial charge >= 0.3 is 0 Å². The largest absolute Gasteiger partial charge is 0.456 e. The molecule has 1 aliphatic rings. The monoisotopic (exact) mass is 579 g/mol. The second kappa shape index (κ2) is 10.2. The number of nitrogens with zero attached hydrogens (tertiary/aromatic N) is 3. The highest BCUT2D eigenvalue weighted by atomic mass is 16.3. The van der Waals surface area contributed by atoms with Crippen LogP contribution in [0.5, 0.6) is 0 Å². The molecule has 2 aromatic heterocycles. The fourth-order valence-corrected chi connectivity index (χ4v) is 7.02. The Morgan fingerprint density at radius 1 is 0.600 bits per heavy atom. The van der Waals surface area contributed by atoms with Crippen LogP contribution in [0.3, 0.4) is 0 Å². The number of aromatic nitrogens is 1. The van der Waals surface area contributed by atoms with E-state index in [0.717, 1.165) is 27.5 Å². The van der Waals surface area contributed by atoms with E-state index in [2.05, 4.69) is 148 Å². The Kier molecular flexibility index (Phi) is 5.89. The Hall–Kier alpha value is -5.60. The van der Waals surface area contributed by atoms with Crippen molar-refractivity contribution in [1.82, 2.24) is 14.6 Å². The van der Waals surface area contributed by atoms with Crippen LogP contribution >= 0.6 is 0 Å². The van der Waals surface area contributed by atoms with Crippen molar-refractivity contribution in [3.8, 4) is 23.5 Å². The van der Waals surface area contributed by atoms with E-state index in [1.54, 1.807) is 0 Å². The van der Waals surface area contributed by atoms with Gasteiger partial charge in [0.15, 0.2) is 0 Å². The van der Waals surface area contributed by atoms with E-state index in [1.165, 1.54) is 38.5 Å². The first kappa shape index (κ1) is 25.9. The van der Waals surface area contributed by atoms with E-state index in [9.17, 15) is 0 Å². The highest BCUT2D eigenvalue weighted by Gasteiger charge is 2.51. The lowest BCUT2D eigenvalue weighted by Gasteiger charge is -2.15. The van der Waals surface area contributed by atoms with E-state index >= 15 is 0 Å². The summed E-state index contributed by atoms with van der Waals surface area (Å²) < 4.78 is 8.73. The average Bonchev–Trinajstić information content (AvgIpc) is 3.55. The predicted octanol–water partition coefficient (Wildman–Crippen LogP) is 9.92. The van der Waals surface area contributed by atoms with Crippen LogP contribution in [0.1, 0.15) is 23.3 Å². The number of hydrazine groups is 1. The van der Waals surface area contributed by atoms with Gasteiger partial charge in [0, 0.05) is 21.5 Å². The van der Waals surface area contributed by atoms with Crippen LogP contribution in [0, 0.1) is 12.3 Å². The maximum absolute atomic E-state index is 6.30. The van der Waals surface area contributed by atoms with Crippen LogP contribution in [-0.4, -0.2) is 14.6 Å². The lowest BCUT2D eigenvalue weighted by atomic mass is 10.0. The van der Waals surface area contributed by atoms with Gasteiger partial charge in [-0.3, -0.25) is 0 Å². The van der Waals surface area contributed by atoms with Gasteiger partial charge < -0.3 is 8.98 Å². The topological polar surface area (TPSA) is 24.1 Å². The highest BCUT2D eigenvalue weighted by molar-refractivity contribution is 6.16. The normalized spacial score (nSPS) is 18.4. The van der Waals surface area contributed by atoms with Gasteiger partial charge in [0.05, 0.1) is 17.7 Å². The van der Waals surface area contributed by atoms with Gasteiger partial charge in [0.25, 0.3) is 0 Å². The number of furan rings is 1. The van der Waals surface area contributed by atoms with Gasteiger partial charge in [-0.2, -0.15) is 10.0 Å². The standard InChI is InChI=1S/C41H29N3O/c1-2-36(29-16-7-4-8-17-29)44-41(31-19-13-18-30(24-31)28-14-5-3-6-15-28)43(44)27-42-37-22-11-9-20-32(37)34-26-40-35(25-38(34)42)33-21-10-12-23-39(33)45-40/h1,3-26,36,41H,27H2/t36?,41?,43-,44?/m0/s1. The lowest BCUT2D eigenvalue weighted by Crippen LogP contribution is -2.16. The second-order valence-electron chi connectivity index (χ2n) is 11.7. The van der Waals surface area contributed by atoms with Gasteiger partial charge in [-0.1, -0.05) is 121 Å². The molecule has 4 nitrogen and oxygen atoms in total. The molecule has 9 rings (SSSR count). The van der Waals surface area contributed by atoms with Crippen LogP contribution in [0.4, 0.5) is 0 Å². The first-order valence-corrected chi connectivity index (χ1v) is 15.3. The summed E-state index contributed by atoms with van der Waals surface area (Å²) in [5.41, 5.74) is 8.91. The summed E-state index contributed by atoms with van der Waals surface area (Å²) >= 11 is 0. The molecule has 0 radical (unpaired) electrons. The van der Waals surface area contributed by atoms with E-state index in [0.29, 0.717) is 6.67 Å². The molecule has 1 saturated heterocycles. The fraction of sp³-hybridized carbons (Fsp3) is 0.0732. The molecule has 1 aliphatic heterocycles. The van der Waals surface area contributed by atoms with Crippen molar-refractivity contribution in [2.45, 2.75) is 18.9 Å². The molecule has 45 heavy (non-hydrogen) atoms. The predicted molar refractivity (Wildman–Crippen MR) is 183 cm³/mol. The number of hydrogen-bond donors (Lipinski definition) is 0. The first-order valence-electron chi connectivity index (χ1n) is 15.3. The maximum Gasteiger partial charge on any atom is 0.136 e. The Morgan fingerprint density at radius 2 is 1.31 bits per heavy atom. The second-order valence-corrected chi connectivity index (χ2v) is 11.7. The number of terminal acetylenes is 1. The molecule has 0 aliphatic carbocycles. The first-order chi connectivity index (χ1) is 22.3. The van der Waals surface area contributed by atoms with Crippen LogP contribution in [0.25, 0.3) is 54.9 Å². The SMILES string of the molecule is C#CC(c1ccccc1)N1C(c2cccc(-c3ccccc3)c2)[N@]1Cn1c2ccccc2c2cc3oc4ccccc4c3cc21. The third kappa shape index (κ3) is 4.17. The molecule has 0 bridgehead atoms. The minimum Gasteiger partial charge on any atom is -0.456 e. The molecular weight excluding hydrogens is 550 g/mol. The molecule has 0 amide bonds. The minimum atomic E-state index is -0.200.